The van der Waals surface area contributed by atoms with Gasteiger partial charge in [0, 0.05) is 51.5 Å². The molecule has 0 spiro atoms. The Bertz CT molecular complexity index is 2140. The van der Waals surface area contributed by atoms with Crippen molar-refractivity contribution in [2.75, 3.05) is 0 Å². The number of aryl methyl sites for hydroxylation is 3. The number of furan rings is 1. The van der Waals surface area contributed by atoms with Crippen molar-refractivity contribution in [3.63, 3.8) is 0 Å². The number of rotatable bonds is 2. The van der Waals surface area contributed by atoms with Crippen molar-refractivity contribution in [1.29, 1.82) is 0 Å². The number of aromatic nitrogens is 3. The monoisotopic (exact) mass is 752 g/mol. The molecule has 0 aliphatic rings. The van der Waals surface area contributed by atoms with Gasteiger partial charge in [0.2, 0.25) is 0 Å². The van der Waals surface area contributed by atoms with E-state index < -0.39 is 13.7 Å². The predicted octanol–water partition coefficient (Wildman–Crippen LogP) is 9.83. The van der Waals surface area contributed by atoms with Crippen LogP contribution in [0.25, 0.3) is 54.7 Å². The SMILES string of the molecule is Cc1ccc(-c2[c-]ccc3c2oc2c3ccc3sc(C(C)(C)C)nc32)nc1.[2H]C([2H])([2H])c1c[c-]c(-c2ccc(C([2H])([2H])[2H])cn2)cc1.[Ir]. The standard InChI is InChI=1S/C23H19N2OS.C13H12N.Ir/c1-13-8-10-17(24-12-13)16-7-5-6-14-15-9-11-18-19(21(15)26-20(14)16)25-22(27-18)23(2,3)4;1-10-3-6-12(7-4-10)13-8-5-11(2)9-14-13;/h5-6,8-12H,1-4H3;3-6,8-9H,1-2H3;/q2*-1;/i;1D3,2D3;. The van der Waals surface area contributed by atoms with E-state index in [1.807, 2.05) is 25.3 Å². The average Bonchev–Trinajstić information content (AvgIpc) is 3.64. The maximum absolute atomic E-state index is 7.28. The molecule has 6 heteroatoms. The molecule has 0 saturated carbocycles. The van der Waals surface area contributed by atoms with Crippen molar-refractivity contribution in [3.05, 3.63) is 113 Å². The summed E-state index contributed by atoms with van der Waals surface area (Å²) in [5.41, 5.74) is 7.08. The zero-order valence-corrected chi connectivity index (χ0v) is 26.7. The first kappa shape index (κ1) is 22.8. The first-order chi connectivity index (χ1) is 22.1. The molecule has 0 N–H and O–H groups in total. The molecular weight excluding hydrogens is 715 g/mol. The molecule has 0 amide bonds. The van der Waals surface area contributed by atoms with E-state index in [2.05, 4.69) is 67.1 Å². The third kappa shape index (κ3) is 5.93. The first-order valence-corrected chi connectivity index (χ1v) is 14.0. The number of benzene rings is 3. The topological polar surface area (TPSA) is 51.8 Å². The Morgan fingerprint density at radius 3 is 2.17 bits per heavy atom. The van der Waals surface area contributed by atoms with Crippen LogP contribution in [0.15, 0.2) is 83.5 Å². The second-order valence-electron chi connectivity index (χ2n) is 10.9. The van der Waals surface area contributed by atoms with Crippen LogP contribution in [0, 0.1) is 32.8 Å². The quantitative estimate of drug-likeness (QED) is 0.165. The number of hydrogen-bond donors (Lipinski definition) is 0. The summed E-state index contributed by atoms with van der Waals surface area (Å²) in [7, 11) is 0. The van der Waals surface area contributed by atoms with Gasteiger partial charge in [-0.2, -0.15) is 0 Å². The Morgan fingerprint density at radius 2 is 1.50 bits per heavy atom. The average molecular weight is 752 g/mol. The largest absolute Gasteiger partial charge is 0.498 e. The zero-order chi connectivity index (χ0) is 33.7. The van der Waals surface area contributed by atoms with Crippen LogP contribution in [0.3, 0.4) is 0 Å². The van der Waals surface area contributed by atoms with Crippen molar-refractivity contribution in [2.45, 2.75) is 46.8 Å². The molecule has 0 fully saturated rings. The number of thiazole rings is 1. The van der Waals surface area contributed by atoms with Gasteiger partial charge in [-0.3, -0.25) is 0 Å². The van der Waals surface area contributed by atoms with Gasteiger partial charge in [0.15, 0.2) is 0 Å². The second-order valence-corrected chi connectivity index (χ2v) is 11.9. The molecule has 0 unspecified atom stereocenters. The van der Waals surface area contributed by atoms with Gasteiger partial charge in [0.25, 0.3) is 0 Å². The number of nitrogens with zero attached hydrogens (tertiary/aromatic N) is 3. The summed E-state index contributed by atoms with van der Waals surface area (Å²) < 4.78 is 51.2. The minimum atomic E-state index is -2.18. The van der Waals surface area contributed by atoms with E-state index in [9.17, 15) is 0 Å². The molecule has 0 aliphatic carbocycles. The van der Waals surface area contributed by atoms with Gasteiger partial charge in [-0.25, -0.2) is 4.98 Å². The van der Waals surface area contributed by atoms with E-state index in [0.717, 1.165) is 54.0 Å². The zero-order valence-electron chi connectivity index (χ0n) is 29.5. The maximum Gasteiger partial charge on any atom is 0.148 e. The van der Waals surface area contributed by atoms with Crippen LogP contribution < -0.4 is 0 Å². The van der Waals surface area contributed by atoms with Gasteiger partial charge in [-0.1, -0.05) is 68.9 Å². The summed E-state index contributed by atoms with van der Waals surface area (Å²) >= 11 is 1.74. The van der Waals surface area contributed by atoms with Gasteiger partial charge in [0.05, 0.1) is 15.3 Å². The summed E-state index contributed by atoms with van der Waals surface area (Å²) in [6.45, 7) is 4.27. The summed E-state index contributed by atoms with van der Waals surface area (Å²) in [6, 6.07) is 26.1. The van der Waals surface area contributed by atoms with Gasteiger partial charge in [-0.15, -0.1) is 64.9 Å². The smallest absolute Gasteiger partial charge is 0.148 e. The molecule has 7 rings (SSSR count). The molecule has 3 aromatic carbocycles. The van der Waals surface area contributed by atoms with E-state index in [-0.39, 0.29) is 36.6 Å². The van der Waals surface area contributed by atoms with Crippen LogP contribution in [0.1, 0.15) is 50.7 Å². The van der Waals surface area contributed by atoms with Crippen LogP contribution in [0.4, 0.5) is 0 Å². The molecule has 0 bridgehead atoms. The van der Waals surface area contributed by atoms with Gasteiger partial charge in [-0.05, 0) is 42.4 Å². The van der Waals surface area contributed by atoms with Crippen molar-refractivity contribution >= 4 is 43.5 Å². The van der Waals surface area contributed by atoms with Crippen LogP contribution in [0.5, 0.6) is 0 Å². The van der Waals surface area contributed by atoms with Gasteiger partial charge < -0.3 is 14.4 Å². The fraction of sp³-hybridized carbons (Fsp3) is 0.194. The minimum Gasteiger partial charge on any atom is -0.498 e. The van der Waals surface area contributed by atoms with Crippen molar-refractivity contribution < 1.29 is 32.7 Å². The Morgan fingerprint density at radius 1 is 0.786 bits per heavy atom. The summed E-state index contributed by atoms with van der Waals surface area (Å²) in [4.78, 5) is 13.6. The molecule has 42 heavy (non-hydrogen) atoms. The molecule has 4 nitrogen and oxygen atoms in total. The molecule has 0 atom stereocenters. The molecule has 213 valence electrons. The van der Waals surface area contributed by atoms with Crippen molar-refractivity contribution in [2.24, 2.45) is 0 Å². The van der Waals surface area contributed by atoms with E-state index >= 15 is 0 Å². The van der Waals surface area contributed by atoms with Crippen LogP contribution in [-0.2, 0) is 25.5 Å². The normalized spacial score (nSPS) is 14.1. The molecule has 4 aromatic heterocycles. The molecule has 0 saturated heterocycles. The first-order valence-electron chi connectivity index (χ1n) is 16.2. The second kappa shape index (κ2) is 11.9. The van der Waals surface area contributed by atoms with Crippen molar-refractivity contribution in [1.82, 2.24) is 15.0 Å². The number of pyridine rings is 2. The third-order valence-corrected chi connectivity index (χ3v) is 8.07. The van der Waals surface area contributed by atoms with Crippen LogP contribution in [0.2, 0.25) is 0 Å². The number of hydrogen-bond acceptors (Lipinski definition) is 5. The van der Waals surface area contributed by atoms with E-state index in [1.54, 1.807) is 23.5 Å². The van der Waals surface area contributed by atoms with E-state index in [0.29, 0.717) is 11.3 Å². The summed E-state index contributed by atoms with van der Waals surface area (Å²) in [6.07, 6.45) is 3.17. The van der Waals surface area contributed by atoms with Crippen LogP contribution in [-0.4, -0.2) is 15.0 Å². The summed E-state index contributed by atoms with van der Waals surface area (Å²) in [5, 5.41) is 3.29. The fourth-order valence-corrected chi connectivity index (χ4v) is 5.48. The van der Waals surface area contributed by atoms with Crippen molar-refractivity contribution in [3.8, 4) is 22.5 Å². The molecule has 1 radical (unpaired) electrons. The maximum atomic E-state index is 7.28. The third-order valence-electron chi connectivity index (χ3n) is 6.62. The molecule has 4 heterocycles. The minimum absolute atomic E-state index is 0. The Labute approximate surface area is 272 Å². The Balaban J connectivity index is 0.000000193. The van der Waals surface area contributed by atoms with E-state index in [1.165, 1.54) is 24.4 Å². The van der Waals surface area contributed by atoms with Gasteiger partial charge >= 0.3 is 0 Å². The van der Waals surface area contributed by atoms with Crippen LogP contribution >= 0.6 is 11.3 Å². The molecule has 7 aromatic rings. The van der Waals surface area contributed by atoms with E-state index in [4.69, 9.17) is 17.6 Å². The fourth-order valence-electron chi connectivity index (χ4n) is 4.45. The predicted molar refractivity (Wildman–Crippen MR) is 170 cm³/mol. The van der Waals surface area contributed by atoms with Gasteiger partial charge in [0.1, 0.15) is 11.1 Å². The number of fused-ring (bicyclic) bond motifs is 5. The molecular formula is C36H31IrN3OS-2. The molecule has 0 aliphatic heterocycles. The summed E-state index contributed by atoms with van der Waals surface area (Å²) in [5.74, 6) is 0. The Kier molecular flexibility index (Phi) is 6.46. The Hall–Kier alpha value is -3.70.